The molecule has 0 radical (unpaired) electrons. The minimum absolute atomic E-state index is 0.00532. The highest BCUT2D eigenvalue weighted by Gasteiger charge is 2.20. The zero-order chi connectivity index (χ0) is 12.1. The molecule has 0 aliphatic carbocycles. The van der Waals surface area contributed by atoms with E-state index in [4.69, 9.17) is 19.5 Å². The van der Waals surface area contributed by atoms with E-state index in [9.17, 15) is 4.79 Å². The maximum absolute atomic E-state index is 11.3. The summed E-state index contributed by atoms with van der Waals surface area (Å²) >= 11 is 0. The van der Waals surface area contributed by atoms with Crippen LogP contribution in [0.5, 0.6) is 5.75 Å². The van der Waals surface area contributed by atoms with Crippen molar-refractivity contribution in [1.29, 1.82) is 0 Å². The van der Waals surface area contributed by atoms with Crippen molar-refractivity contribution in [3.63, 3.8) is 0 Å². The average Bonchev–Trinajstić information content (AvgIpc) is 2.28. The lowest BCUT2D eigenvalue weighted by molar-refractivity contribution is 0.0519. The van der Waals surface area contributed by atoms with Gasteiger partial charge < -0.3 is 19.5 Å². The van der Waals surface area contributed by atoms with Crippen LogP contribution in [0.15, 0.2) is 12.3 Å². The Morgan fingerprint density at radius 3 is 2.75 bits per heavy atom. The number of hydrogen-bond acceptors (Lipinski definition) is 6. The number of carbonyl (C=O) groups excluding carboxylic acids is 1. The van der Waals surface area contributed by atoms with Crippen molar-refractivity contribution in [1.82, 2.24) is 4.98 Å². The predicted molar refractivity (Wildman–Crippen MR) is 56.6 cm³/mol. The first-order valence-corrected chi connectivity index (χ1v) is 4.67. The van der Waals surface area contributed by atoms with Gasteiger partial charge in [0.05, 0.1) is 19.9 Å². The molecule has 0 atom stereocenters. The molecule has 0 amide bonds. The summed E-state index contributed by atoms with van der Waals surface area (Å²) < 4.78 is 9.60. The number of carbonyl (C=O) groups is 1. The average molecular weight is 225 g/mol. The second kappa shape index (κ2) is 5.48. The van der Waals surface area contributed by atoms with Crippen LogP contribution < -0.4 is 10.2 Å². The number of methoxy groups -OCH3 is 1. The van der Waals surface area contributed by atoms with Gasteiger partial charge in [-0.15, -0.1) is 0 Å². The van der Waals surface area contributed by atoms with E-state index in [2.05, 4.69) is 4.98 Å². The van der Waals surface area contributed by atoms with Gasteiger partial charge in [0.2, 0.25) is 0 Å². The van der Waals surface area contributed by atoms with Crippen LogP contribution in [0.25, 0.3) is 0 Å². The van der Waals surface area contributed by atoms with Crippen molar-refractivity contribution in [3.8, 4) is 5.75 Å². The number of nitrogens with zero attached hydrogens (tertiary/aromatic N) is 1. The number of esters is 1. The van der Waals surface area contributed by atoms with Gasteiger partial charge in [0, 0.05) is 5.46 Å². The van der Waals surface area contributed by atoms with Crippen molar-refractivity contribution in [2.75, 3.05) is 13.7 Å². The number of ether oxygens (including phenoxy) is 2. The van der Waals surface area contributed by atoms with Gasteiger partial charge in [0.1, 0.15) is 11.4 Å². The minimum atomic E-state index is -1.73. The topological polar surface area (TPSA) is 88.9 Å². The van der Waals surface area contributed by atoms with Crippen molar-refractivity contribution in [2.24, 2.45) is 0 Å². The molecule has 0 unspecified atom stereocenters. The summed E-state index contributed by atoms with van der Waals surface area (Å²) in [5.41, 5.74) is 0.0753. The normalized spacial score (nSPS) is 9.75. The SMILES string of the molecule is CCOC(=O)c1cc(B(O)O)c(OC)cn1. The third-order valence-electron chi connectivity index (χ3n) is 1.88. The van der Waals surface area contributed by atoms with Crippen LogP contribution in [0.1, 0.15) is 17.4 Å². The van der Waals surface area contributed by atoms with Crippen molar-refractivity contribution >= 4 is 18.6 Å². The van der Waals surface area contributed by atoms with Crippen molar-refractivity contribution in [3.05, 3.63) is 18.0 Å². The monoisotopic (exact) mass is 225 g/mol. The van der Waals surface area contributed by atoms with Crippen LogP contribution in [0, 0.1) is 0 Å². The third-order valence-corrected chi connectivity index (χ3v) is 1.88. The first-order valence-electron chi connectivity index (χ1n) is 4.67. The molecule has 6 nitrogen and oxygen atoms in total. The molecular formula is C9H12BNO5. The molecule has 0 aromatic carbocycles. The molecule has 1 rings (SSSR count). The molecule has 1 heterocycles. The van der Waals surface area contributed by atoms with Crippen molar-refractivity contribution in [2.45, 2.75) is 6.92 Å². The smallest absolute Gasteiger partial charge is 0.492 e. The quantitative estimate of drug-likeness (QED) is 0.501. The summed E-state index contributed by atoms with van der Waals surface area (Å²) in [6.45, 7) is 1.90. The van der Waals surface area contributed by atoms with Gasteiger partial charge in [0.15, 0.2) is 0 Å². The van der Waals surface area contributed by atoms with E-state index >= 15 is 0 Å². The maximum atomic E-state index is 11.3. The Balaban J connectivity index is 3.06. The van der Waals surface area contributed by atoms with Crippen LogP contribution >= 0.6 is 0 Å². The Labute approximate surface area is 93.0 Å². The van der Waals surface area contributed by atoms with Crippen LogP contribution in [0.3, 0.4) is 0 Å². The molecule has 1 aromatic rings. The summed E-state index contributed by atoms with van der Waals surface area (Å²) in [6, 6.07) is 1.22. The lowest BCUT2D eigenvalue weighted by Gasteiger charge is -2.08. The molecule has 0 bridgehead atoms. The van der Waals surface area contributed by atoms with Gasteiger partial charge in [-0.1, -0.05) is 0 Å². The first kappa shape index (κ1) is 12.5. The second-order valence-electron chi connectivity index (χ2n) is 2.91. The van der Waals surface area contributed by atoms with Crippen LogP contribution in [0.4, 0.5) is 0 Å². The van der Waals surface area contributed by atoms with E-state index in [1.165, 1.54) is 19.4 Å². The zero-order valence-electron chi connectivity index (χ0n) is 9.01. The van der Waals surface area contributed by atoms with E-state index in [1.807, 2.05) is 0 Å². The van der Waals surface area contributed by atoms with Gasteiger partial charge in [-0.2, -0.15) is 0 Å². The Bertz CT molecular complexity index is 382. The Morgan fingerprint density at radius 2 is 2.25 bits per heavy atom. The fourth-order valence-electron chi connectivity index (χ4n) is 1.15. The number of pyridine rings is 1. The summed E-state index contributed by atoms with van der Waals surface area (Å²) in [6.07, 6.45) is 1.24. The largest absolute Gasteiger partial charge is 0.496 e. The molecule has 2 N–H and O–H groups in total. The molecule has 0 spiro atoms. The first-order chi connectivity index (χ1) is 7.60. The van der Waals surface area contributed by atoms with Crippen molar-refractivity contribution < 1.29 is 24.3 Å². The summed E-state index contributed by atoms with van der Waals surface area (Å²) in [5, 5.41) is 18.1. The van der Waals surface area contributed by atoms with Crippen LogP contribution in [0.2, 0.25) is 0 Å². The highest BCUT2D eigenvalue weighted by atomic mass is 16.5. The van der Waals surface area contributed by atoms with E-state index in [-0.39, 0.29) is 23.5 Å². The Kier molecular flexibility index (Phi) is 4.27. The Hall–Kier alpha value is -1.60. The minimum Gasteiger partial charge on any atom is -0.496 e. The van der Waals surface area contributed by atoms with Crippen LogP contribution in [-0.4, -0.2) is 41.8 Å². The van der Waals surface area contributed by atoms with E-state index in [0.29, 0.717) is 0 Å². The second-order valence-corrected chi connectivity index (χ2v) is 2.91. The van der Waals surface area contributed by atoms with Gasteiger partial charge in [0.25, 0.3) is 0 Å². The third kappa shape index (κ3) is 2.71. The molecule has 16 heavy (non-hydrogen) atoms. The lowest BCUT2D eigenvalue weighted by atomic mass is 9.80. The molecule has 86 valence electrons. The molecule has 0 aliphatic rings. The summed E-state index contributed by atoms with van der Waals surface area (Å²) in [5.74, 6) is -0.421. The van der Waals surface area contributed by atoms with E-state index < -0.39 is 13.1 Å². The molecular weight excluding hydrogens is 213 g/mol. The highest BCUT2D eigenvalue weighted by molar-refractivity contribution is 6.59. The molecule has 7 heteroatoms. The number of rotatable bonds is 4. The molecule has 0 saturated carbocycles. The standard InChI is InChI=1S/C9H12BNO5/c1-3-16-9(12)7-4-6(10(13)14)8(15-2)5-11-7/h4-5,13-14H,3H2,1-2H3. The fourth-order valence-corrected chi connectivity index (χ4v) is 1.15. The predicted octanol–water partition coefficient (Wildman–Crippen LogP) is -1.05. The van der Waals surface area contributed by atoms with Gasteiger partial charge in [-0.25, -0.2) is 9.78 Å². The van der Waals surface area contributed by atoms with Gasteiger partial charge in [-0.3, -0.25) is 0 Å². The maximum Gasteiger partial charge on any atom is 0.492 e. The fraction of sp³-hybridized carbons (Fsp3) is 0.333. The summed E-state index contributed by atoms with van der Waals surface area (Å²) in [7, 11) is -0.362. The van der Waals surface area contributed by atoms with E-state index in [0.717, 1.165) is 0 Å². The number of hydrogen-bond donors (Lipinski definition) is 2. The summed E-state index contributed by atoms with van der Waals surface area (Å²) in [4.78, 5) is 15.1. The van der Waals surface area contributed by atoms with E-state index in [1.54, 1.807) is 6.92 Å². The van der Waals surface area contributed by atoms with Gasteiger partial charge in [-0.05, 0) is 13.0 Å². The molecule has 0 saturated heterocycles. The highest BCUT2D eigenvalue weighted by Crippen LogP contribution is 2.07. The lowest BCUT2D eigenvalue weighted by Crippen LogP contribution is -2.32. The Morgan fingerprint density at radius 1 is 1.56 bits per heavy atom. The molecule has 1 aromatic heterocycles. The van der Waals surface area contributed by atoms with Gasteiger partial charge >= 0.3 is 13.1 Å². The molecule has 0 fully saturated rings. The number of aromatic nitrogens is 1. The van der Waals surface area contributed by atoms with Crippen LogP contribution in [-0.2, 0) is 4.74 Å². The zero-order valence-corrected chi connectivity index (χ0v) is 9.01. The molecule has 0 aliphatic heterocycles.